The molecule has 1 aliphatic rings. The van der Waals surface area contributed by atoms with Crippen LogP contribution in [0.5, 0.6) is 5.88 Å². The van der Waals surface area contributed by atoms with Gasteiger partial charge in [-0.1, -0.05) is 29.8 Å². The third-order valence-corrected chi connectivity index (χ3v) is 4.42. The van der Waals surface area contributed by atoms with Gasteiger partial charge in [-0.25, -0.2) is 4.98 Å². The van der Waals surface area contributed by atoms with E-state index in [1.807, 2.05) is 38.1 Å². The van der Waals surface area contributed by atoms with E-state index in [0.29, 0.717) is 18.4 Å². The Morgan fingerprint density at radius 3 is 2.58 bits per heavy atom. The number of aromatic nitrogens is 2. The van der Waals surface area contributed by atoms with E-state index in [9.17, 15) is 4.79 Å². The smallest absolute Gasteiger partial charge is 0.258 e. The van der Waals surface area contributed by atoms with E-state index in [1.54, 1.807) is 6.07 Å². The molecular formula is C20H26N4O2. The summed E-state index contributed by atoms with van der Waals surface area (Å²) in [6, 6.07) is 9.85. The van der Waals surface area contributed by atoms with Crippen molar-refractivity contribution in [3.05, 3.63) is 47.2 Å². The number of amides is 1. The van der Waals surface area contributed by atoms with E-state index in [2.05, 4.69) is 20.2 Å². The Labute approximate surface area is 154 Å². The molecule has 1 fully saturated rings. The fraction of sp³-hybridized carbons (Fsp3) is 0.450. The van der Waals surface area contributed by atoms with Crippen LogP contribution < -0.4 is 15.0 Å². The number of carbonyl (C=O) groups excluding carboxylic acids is 1. The Balaban J connectivity index is 1.52. The second kappa shape index (κ2) is 8.65. The van der Waals surface area contributed by atoms with E-state index in [-0.39, 0.29) is 12.5 Å². The number of hydrogen-bond donors (Lipinski definition) is 1. The van der Waals surface area contributed by atoms with Crippen molar-refractivity contribution >= 4 is 11.9 Å². The van der Waals surface area contributed by atoms with Crippen molar-refractivity contribution in [2.24, 2.45) is 0 Å². The summed E-state index contributed by atoms with van der Waals surface area (Å²) in [5.74, 6) is 0.977. The third kappa shape index (κ3) is 5.18. The highest BCUT2D eigenvalue weighted by atomic mass is 16.5. The molecule has 1 aromatic heterocycles. The zero-order valence-electron chi connectivity index (χ0n) is 15.5. The van der Waals surface area contributed by atoms with E-state index in [1.165, 1.54) is 12.0 Å². The standard InChI is InChI=1S/C20H26N4O2/c1-15-6-8-17(9-7-15)13-21-18(25)14-26-19-12-16(2)22-20(23-19)24-10-4-3-5-11-24/h6-9,12H,3-5,10-11,13-14H2,1-2H3,(H,21,25). The molecule has 1 aromatic carbocycles. The summed E-state index contributed by atoms with van der Waals surface area (Å²) in [4.78, 5) is 23.2. The molecule has 2 heterocycles. The van der Waals surface area contributed by atoms with Crippen LogP contribution in [0.2, 0.25) is 0 Å². The fourth-order valence-corrected chi connectivity index (χ4v) is 2.93. The maximum Gasteiger partial charge on any atom is 0.258 e. The van der Waals surface area contributed by atoms with E-state index in [0.717, 1.165) is 37.2 Å². The van der Waals surface area contributed by atoms with Gasteiger partial charge in [-0.05, 0) is 38.7 Å². The molecule has 0 saturated carbocycles. The number of piperidine rings is 1. The van der Waals surface area contributed by atoms with Gasteiger partial charge in [-0.2, -0.15) is 4.98 Å². The van der Waals surface area contributed by atoms with Gasteiger partial charge in [0.1, 0.15) is 0 Å². The van der Waals surface area contributed by atoms with E-state index < -0.39 is 0 Å². The second-order valence-electron chi connectivity index (χ2n) is 6.75. The SMILES string of the molecule is Cc1ccc(CNC(=O)COc2cc(C)nc(N3CCCCC3)n2)cc1. The molecule has 3 rings (SSSR count). The predicted molar refractivity (Wildman–Crippen MR) is 101 cm³/mol. The first-order valence-electron chi connectivity index (χ1n) is 9.16. The highest BCUT2D eigenvalue weighted by Gasteiger charge is 2.15. The summed E-state index contributed by atoms with van der Waals surface area (Å²) in [6.07, 6.45) is 3.58. The molecule has 0 atom stereocenters. The van der Waals surface area contributed by atoms with Gasteiger partial charge >= 0.3 is 0 Å². The highest BCUT2D eigenvalue weighted by Crippen LogP contribution is 2.19. The number of benzene rings is 1. The molecule has 0 bridgehead atoms. The Morgan fingerprint density at radius 1 is 1.12 bits per heavy atom. The van der Waals surface area contributed by atoms with Gasteiger partial charge in [-0.3, -0.25) is 4.79 Å². The molecule has 0 unspecified atom stereocenters. The first-order chi connectivity index (χ1) is 12.6. The Bertz CT molecular complexity index is 740. The maximum absolute atomic E-state index is 12.0. The molecule has 0 aliphatic carbocycles. The molecule has 1 saturated heterocycles. The Morgan fingerprint density at radius 2 is 1.85 bits per heavy atom. The van der Waals surface area contributed by atoms with Gasteiger partial charge in [0.25, 0.3) is 5.91 Å². The molecular weight excluding hydrogens is 328 g/mol. The third-order valence-electron chi connectivity index (χ3n) is 4.42. The summed E-state index contributed by atoms with van der Waals surface area (Å²) in [6.45, 7) is 6.34. The van der Waals surface area contributed by atoms with Crippen molar-refractivity contribution in [1.29, 1.82) is 0 Å². The molecule has 26 heavy (non-hydrogen) atoms. The summed E-state index contributed by atoms with van der Waals surface area (Å²) < 4.78 is 5.60. The molecule has 138 valence electrons. The van der Waals surface area contributed by atoms with Crippen LogP contribution in [0.25, 0.3) is 0 Å². The minimum Gasteiger partial charge on any atom is -0.467 e. The van der Waals surface area contributed by atoms with Gasteiger partial charge < -0.3 is 15.0 Å². The van der Waals surface area contributed by atoms with Crippen LogP contribution in [-0.2, 0) is 11.3 Å². The number of carbonyl (C=O) groups is 1. The number of aryl methyl sites for hydroxylation is 2. The van der Waals surface area contributed by atoms with E-state index >= 15 is 0 Å². The zero-order chi connectivity index (χ0) is 18.4. The lowest BCUT2D eigenvalue weighted by molar-refractivity contribution is -0.123. The second-order valence-corrected chi connectivity index (χ2v) is 6.75. The van der Waals surface area contributed by atoms with Crippen molar-refractivity contribution in [3.63, 3.8) is 0 Å². The summed E-state index contributed by atoms with van der Waals surface area (Å²) >= 11 is 0. The number of nitrogens with zero attached hydrogens (tertiary/aromatic N) is 3. The number of anilines is 1. The average molecular weight is 354 g/mol. The molecule has 6 nitrogen and oxygen atoms in total. The first-order valence-corrected chi connectivity index (χ1v) is 9.16. The summed E-state index contributed by atoms with van der Waals surface area (Å²) in [5, 5.41) is 2.86. The van der Waals surface area contributed by atoms with Crippen LogP contribution in [0.1, 0.15) is 36.1 Å². The summed E-state index contributed by atoms with van der Waals surface area (Å²) in [7, 11) is 0. The van der Waals surface area contributed by atoms with Gasteiger partial charge in [0, 0.05) is 31.4 Å². The normalized spacial score (nSPS) is 14.2. The highest BCUT2D eigenvalue weighted by molar-refractivity contribution is 5.77. The van der Waals surface area contributed by atoms with Crippen LogP contribution in [0, 0.1) is 13.8 Å². The molecule has 0 radical (unpaired) electrons. The van der Waals surface area contributed by atoms with Gasteiger partial charge in [0.05, 0.1) is 0 Å². The maximum atomic E-state index is 12.0. The number of ether oxygens (including phenoxy) is 1. The monoisotopic (exact) mass is 354 g/mol. The molecule has 1 N–H and O–H groups in total. The fourth-order valence-electron chi connectivity index (χ4n) is 2.93. The van der Waals surface area contributed by atoms with E-state index in [4.69, 9.17) is 4.74 Å². The van der Waals surface area contributed by atoms with Gasteiger partial charge in [-0.15, -0.1) is 0 Å². The first kappa shape index (κ1) is 18.2. The Hall–Kier alpha value is -2.63. The number of nitrogens with one attached hydrogen (secondary N) is 1. The van der Waals surface area contributed by atoms with Crippen LogP contribution >= 0.6 is 0 Å². The minimum absolute atomic E-state index is 0.0538. The number of rotatable bonds is 6. The quantitative estimate of drug-likeness (QED) is 0.864. The van der Waals surface area contributed by atoms with Crippen LogP contribution in [-0.4, -0.2) is 35.6 Å². The molecule has 1 aliphatic heterocycles. The molecule has 1 amide bonds. The van der Waals surface area contributed by atoms with Crippen molar-refractivity contribution in [2.75, 3.05) is 24.6 Å². The lowest BCUT2D eigenvalue weighted by atomic mass is 10.1. The molecule has 2 aromatic rings. The van der Waals surface area contributed by atoms with Crippen molar-refractivity contribution in [2.45, 2.75) is 39.7 Å². The number of hydrogen-bond acceptors (Lipinski definition) is 5. The van der Waals surface area contributed by atoms with Crippen molar-refractivity contribution in [3.8, 4) is 5.88 Å². The zero-order valence-corrected chi connectivity index (χ0v) is 15.5. The van der Waals surface area contributed by atoms with Crippen LogP contribution in [0.3, 0.4) is 0 Å². The minimum atomic E-state index is -0.165. The van der Waals surface area contributed by atoms with Crippen molar-refractivity contribution in [1.82, 2.24) is 15.3 Å². The summed E-state index contributed by atoms with van der Waals surface area (Å²) in [5.41, 5.74) is 3.11. The van der Waals surface area contributed by atoms with Crippen LogP contribution in [0.15, 0.2) is 30.3 Å². The topological polar surface area (TPSA) is 67.3 Å². The Kier molecular flexibility index (Phi) is 6.04. The predicted octanol–water partition coefficient (Wildman–Crippen LogP) is 2.78. The molecule has 0 spiro atoms. The largest absolute Gasteiger partial charge is 0.467 e. The lowest BCUT2D eigenvalue weighted by Crippen LogP contribution is -2.31. The lowest BCUT2D eigenvalue weighted by Gasteiger charge is -2.26. The van der Waals surface area contributed by atoms with Crippen LogP contribution in [0.4, 0.5) is 5.95 Å². The van der Waals surface area contributed by atoms with Crippen molar-refractivity contribution < 1.29 is 9.53 Å². The van der Waals surface area contributed by atoms with Gasteiger partial charge in [0.15, 0.2) is 6.61 Å². The van der Waals surface area contributed by atoms with Gasteiger partial charge in [0.2, 0.25) is 11.8 Å². The molecule has 6 heteroatoms. The average Bonchev–Trinajstić information content (AvgIpc) is 2.66.